The van der Waals surface area contributed by atoms with Crippen LogP contribution in [0.1, 0.15) is 18.1 Å². The number of benzene rings is 2. The number of para-hydroxylation sites is 1. The van der Waals surface area contributed by atoms with Crippen LogP contribution in [0.2, 0.25) is 0 Å². The normalized spacial score (nSPS) is 16.0. The molecule has 2 aliphatic rings. The van der Waals surface area contributed by atoms with Gasteiger partial charge in [-0.3, -0.25) is 4.79 Å². The highest BCUT2D eigenvalue weighted by atomic mass is 19.4. The first-order chi connectivity index (χ1) is 15.4. The van der Waals surface area contributed by atoms with Crippen LogP contribution in [0.15, 0.2) is 42.0 Å². The van der Waals surface area contributed by atoms with Crippen LogP contribution in [-0.2, 0) is 15.7 Å². The molecular formula is C23H23F3N2O4. The lowest BCUT2D eigenvalue weighted by atomic mass is 10.1. The molecule has 0 aromatic heterocycles. The average molecular weight is 448 g/mol. The fraction of sp³-hybridized carbons (Fsp3) is 0.348. The van der Waals surface area contributed by atoms with Crippen LogP contribution in [-0.4, -0.2) is 45.4 Å². The quantitative estimate of drug-likeness (QED) is 0.737. The Morgan fingerprint density at radius 2 is 1.97 bits per heavy atom. The maximum Gasteiger partial charge on any atom is 0.418 e. The first-order valence-corrected chi connectivity index (χ1v) is 10.3. The molecule has 0 saturated carbocycles. The van der Waals surface area contributed by atoms with Crippen molar-refractivity contribution in [2.45, 2.75) is 13.1 Å². The lowest BCUT2D eigenvalue weighted by molar-refractivity contribution is -0.136. The number of anilines is 2. The lowest BCUT2D eigenvalue weighted by Gasteiger charge is -2.29. The number of nitrogens with one attached hydrogen (secondary N) is 1. The fourth-order valence-corrected chi connectivity index (χ4v) is 3.68. The first-order valence-electron chi connectivity index (χ1n) is 10.3. The van der Waals surface area contributed by atoms with Gasteiger partial charge in [0.15, 0.2) is 11.5 Å². The highest BCUT2D eigenvalue weighted by Crippen LogP contribution is 2.39. The van der Waals surface area contributed by atoms with E-state index < -0.39 is 17.6 Å². The van der Waals surface area contributed by atoms with Crippen LogP contribution in [0.3, 0.4) is 0 Å². The topological polar surface area (TPSA) is 60.0 Å². The van der Waals surface area contributed by atoms with E-state index in [-0.39, 0.29) is 17.9 Å². The summed E-state index contributed by atoms with van der Waals surface area (Å²) in [5.74, 6) is 0.414. The summed E-state index contributed by atoms with van der Waals surface area (Å²) >= 11 is 0. The second kappa shape index (κ2) is 9.12. The monoisotopic (exact) mass is 448 g/mol. The molecule has 2 aliphatic heterocycles. The molecular weight excluding hydrogens is 425 g/mol. The van der Waals surface area contributed by atoms with Crippen molar-refractivity contribution in [2.75, 3.05) is 49.7 Å². The third kappa shape index (κ3) is 4.67. The molecule has 0 atom stereocenters. The first kappa shape index (κ1) is 22.0. The summed E-state index contributed by atoms with van der Waals surface area (Å²) in [4.78, 5) is 14.6. The zero-order valence-electron chi connectivity index (χ0n) is 17.5. The van der Waals surface area contributed by atoms with E-state index >= 15 is 0 Å². The minimum atomic E-state index is -4.62. The van der Waals surface area contributed by atoms with Crippen LogP contribution in [0.25, 0.3) is 6.08 Å². The second-order valence-electron chi connectivity index (χ2n) is 7.35. The number of fused-ring (bicyclic) bond motifs is 1. The summed E-state index contributed by atoms with van der Waals surface area (Å²) in [7, 11) is 0. The van der Waals surface area contributed by atoms with Gasteiger partial charge in [0, 0.05) is 24.3 Å². The summed E-state index contributed by atoms with van der Waals surface area (Å²) in [6.45, 7) is 4.17. The maximum absolute atomic E-state index is 13.8. The van der Waals surface area contributed by atoms with Gasteiger partial charge in [-0.1, -0.05) is 12.1 Å². The predicted octanol–water partition coefficient (Wildman–Crippen LogP) is 4.36. The van der Waals surface area contributed by atoms with Crippen LogP contribution < -0.4 is 19.7 Å². The van der Waals surface area contributed by atoms with Gasteiger partial charge in [0.2, 0.25) is 0 Å². The molecule has 32 heavy (non-hydrogen) atoms. The summed E-state index contributed by atoms with van der Waals surface area (Å²) in [5.41, 5.74) is 0.0966. The molecule has 4 rings (SSSR count). The molecule has 1 N–H and O–H groups in total. The molecule has 170 valence electrons. The largest absolute Gasteiger partial charge is 0.490 e. The van der Waals surface area contributed by atoms with E-state index in [0.717, 1.165) is 6.07 Å². The number of hydrogen-bond donors (Lipinski definition) is 1. The van der Waals surface area contributed by atoms with Gasteiger partial charge in [0.05, 0.1) is 36.6 Å². The smallest absolute Gasteiger partial charge is 0.418 e. The molecule has 1 fully saturated rings. The lowest BCUT2D eigenvalue weighted by Crippen LogP contribution is -2.36. The number of halogens is 3. The Hall–Kier alpha value is -3.20. The van der Waals surface area contributed by atoms with Crippen molar-refractivity contribution in [3.63, 3.8) is 0 Å². The van der Waals surface area contributed by atoms with Crippen molar-refractivity contribution in [2.24, 2.45) is 0 Å². The van der Waals surface area contributed by atoms with Gasteiger partial charge in [0.25, 0.3) is 5.91 Å². The predicted molar refractivity (Wildman–Crippen MR) is 114 cm³/mol. The Labute approximate surface area is 183 Å². The molecule has 1 amide bonds. The molecule has 2 heterocycles. The van der Waals surface area contributed by atoms with Crippen LogP contribution in [0.5, 0.6) is 11.5 Å². The third-order valence-electron chi connectivity index (χ3n) is 5.24. The number of rotatable bonds is 5. The number of alkyl halides is 3. The van der Waals surface area contributed by atoms with Gasteiger partial charge < -0.3 is 24.4 Å². The second-order valence-corrected chi connectivity index (χ2v) is 7.35. The van der Waals surface area contributed by atoms with Gasteiger partial charge in [-0.05, 0) is 37.3 Å². The Morgan fingerprint density at radius 3 is 2.69 bits per heavy atom. The molecule has 0 unspecified atom stereocenters. The average Bonchev–Trinajstić information content (AvgIpc) is 2.79. The zero-order valence-corrected chi connectivity index (χ0v) is 17.5. The summed E-state index contributed by atoms with van der Waals surface area (Å²) in [6.07, 6.45) is -3.02. The van der Waals surface area contributed by atoms with E-state index in [2.05, 4.69) is 5.32 Å². The molecule has 2 aromatic carbocycles. The summed E-state index contributed by atoms with van der Waals surface area (Å²) in [5, 5.41) is 2.41. The molecule has 0 radical (unpaired) electrons. The zero-order chi connectivity index (χ0) is 22.7. The van der Waals surface area contributed by atoms with Crippen LogP contribution >= 0.6 is 0 Å². The van der Waals surface area contributed by atoms with Crippen molar-refractivity contribution in [3.8, 4) is 11.5 Å². The fourth-order valence-electron chi connectivity index (χ4n) is 3.68. The van der Waals surface area contributed by atoms with E-state index in [9.17, 15) is 18.0 Å². The minimum Gasteiger partial charge on any atom is -0.490 e. The molecule has 1 saturated heterocycles. The third-order valence-corrected chi connectivity index (χ3v) is 5.24. The highest BCUT2D eigenvalue weighted by Gasteiger charge is 2.35. The highest BCUT2D eigenvalue weighted by molar-refractivity contribution is 6.08. The number of amides is 1. The number of nitrogens with zero attached hydrogens (tertiary/aromatic N) is 1. The van der Waals surface area contributed by atoms with Crippen molar-refractivity contribution in [1.82, 2.24) is 0 Å². The molecule has 6 nitrogen and oxygen atoms in total. The van der Waals surface area contributed by atoms with Crippen molar-refractivity contribution in [3.05, 3.63) is 53.1 Å². The minimum absolute atomic E-state index is 0.0733. The molecule has 9 heteroatoms. The number of morpholine rings is 1. The van der Waals surface area contributed by atoms with Crippen molar-refractivity contribution in [1.29, 1.82) is 0 Å². The summed E-state index contributed by atoms with van der Waals surface area (Å²) in [6, 6.07) is 9.20. The maximum atomic E-state index is 13.8. The van der Waals surface area contributed by atoms with Gasteiger partial charge in [-0.2, -0.15) is 13.2 Å². The van der Waals surface area contributed by atoms with Crippen LogP contribution in [0.4, 0.5) is 24.5 Å². The Kier molecular flexibility index (Phi) is 6.27. The summed E-state index contributed by atoms with van der Waals surface area (Å²) < 4.78 is 57.7. The standard InChI is InChI=1S/C23H23F3N2O4/c1-2-31-20-5-3-4-15-12-16(14-32-21(15)20)22(29)27-19-7-6-17(13-18(19)23(24,25)26)28-8-10-30-11-9-28/h3-7,12-13H,2,8-11,14H2,1H3,(H,27,29). The number of hydrogen-bond acceptors (Lipinski definition) is 5. The number of ether oxygens (including phenoxy) is 3. The van der Waals surface area contributed by atoms with Crippen LogP contribution in [0, 0.1) is 0 Å². The number of carbonyl (C=O) groups is 1. The molecule has 0 bridgehead atoms. The molecule has 0 aliphatic carbocycles. The molecule has 2 aromatic rings. The van der Waals surface area contributed by atoms with E-state index in [4.69, 9.17) is 14.2 Å². The SMILES string of the molecule is CCOc1cccc2c1OCC(C(=O)Nc1ccc(N3CCOCC3)cc1C(F)(F)F)=C2. The Morgan fingerprint density at radius 1 is 1.19 bits per heavy atom. The van der Waals surface area contributed by atoms with E-state index in [1.807, 2.05) is 11.8 Å². The van der Waals surface area contributed by atoms with Gasteiger partial charge in [-0.15, -0.1) is 0 Å². The number of carbonyl (C=O) groups excluding carboxylic acids is 1. The van der Waals surface area contributed by atoms with E-state index in [1.165, 1.54) is 6.07 Å². The van der Waals surface area contributed by atoms with E-state index in [0.29, 0.717) is 55.7 Å². The Balaban J connectivity index is 1.58. The van der Waals surface area contributed by atoms with Crippen molar-refractivity contribution >= 4 is 23.4 Å². The van der Waals surface area contributed by atoms with Crippen molar-refractivity contribution < 1.29 is 32.2 Å². The van der Waals surface area contributed by atoms with Gasteiger partial charge in [-0.25, -0.2) is 0 Å². The molecule has 0 spiro atoms. The van der Waals surface area contributed by atoms with E-state index in [1.54, 1.807) is 30.3 Å². The Bertz CT molecular complexity index is 1030. The van der Waals surface area contributed by atoms with Gasteiger partial charge in [0.1, 0.15) is 6.61 Å². The van der Waals surface area contributed by atoms with Gasteiger partial charge >= 0.3 is 6.18 Å².